The minimum Gasteiger partial charge on any atom is -0.394 e. The number of aromatic nitrogens is 2. The molecule has 2 amide bonds. The van der Waals surface area contributed by atoms with Gasteiger partial charge in [-0.1, -0.05) is 11.6 Å². The van der Waals surface area contributed by atoms with E-state index in [4.69, 9.17) is 16.3 Å². The van der Waals surface area contributed by atoms with Gasteiger partial charge in [0.15, 0.2) is 0 Å². The number of amides is 2. The number of halogens is 1. The highest BCUT2D eigenvalue weighted by Crippen LogP contribution is 2.24. The molecular formula is C21H21ClN4O4. The van der Waals surface area contributed by atoms with Crippen molar-refractivity contribution in [1.29, 1.82) is 0 Å². The Bertz CT molecular complexity index is 1110. The fourth-order valence-electron chi connectivity index (χ4n) is 3.48. The lowest BCUT2D eigenvalue weighted by molar-refractivity contribution is -0.125. The lowest BCUT2D eigenvalue weighted by atomic mass is 10.1. The predicted octanol–water partition coefficient (Wildman–Crippen LogP) is 2.35. The van der Waals surface area contributed by atoms with Crippen LogP contribution in [0.2, 0.25) is 5.02 Å². The second-order valence-electron chi connectivity index (χ2n) is 7.09. The molecule has 30 heavy (non-hydrogen) atoms. The molecule has 0 saturated carbocycles. The molecule has 156 valence electrons. The van der Waals surface area contributed by atoms with Gasteiger partial charge >= 0.3 is 0 Å². The number of anilines is 1. The second-order valence-corrected chi connectivity index (χ2v) is 7.53. The first-order valence-corrected chi connectivity index (χ1v) is 9.89. The highest BCUT2D eigenvalue weighted by atomic mass is 35.5. The number of imidazole rings is 1. The molecule has 1 atom stereocenters. The van der Waals surface area contributed by atoms with E-state index in [-0.39, 0.29) is 25.0 Å². The van der Waals surface area contributed by atoms with E-state index in [0.29, 0.717) is 35.1 Å². The molecule has 0 radical (unpaired) electrons. The van der Waals surface area contributed by atoms with Gasteiger partial charge in [-0.25, -0.2) is 4.98 Å². The van der Waals surface area contributed by atoms with E-state index in [2.05, 4.69) is 15.3 Å². The molecule has 1 saturated heterocycles. The number of hydrogen-bond donors (Lipinski definition) is 3. The van der Waals surface area contributed by atoms with Crippen LogP contribution < -0.4 is 10.2 Å². The maximum atomic E-state index is 12.8. The number of benzene rings is 2. The highest BCUT2D eigenvalue weighted by Gasteiger charge is 2.23. The van der Waals surface area contributed by atoms with Gasteiger partial charge in [0.2, 0.25) is 0 Å². The van der Waals surface area contributed by atoms with Crippen LogP contribution >= 0.6 is 11.6 Å². The minimum atomic E-state index is -0.704. The molecule has 1 aliphatic rings. The minimum absolute atomic E-state index is 0.0581. The number of fused-ring (bicyclic) bond motifs is 1. The normalized spacial score (nSPS) is 15.4. The summed E-state index contributed by atoms with van der Waals surface area (Å²) in [6.07, 6.45) is 0. The number of aliphatic hydroxyl groups is 1. The van der Waals surface area contributed by atoms with Gasteiger partial charge in [-0.3, -0.25) is 9.59 Å². The van der Waals surface area contributed by atoms with Crippen molar-refractivity contribution < 1.29 is 19.4 Å². The zero-order valence-electron chi connectivity index (χ0n) is 16.3. The Morgan fingerprint density at radius 2 is 2.20 bits per heavy atom. The Morgan fingerprint density at radius 1 is 1.37 bits per heavy atom. The van der Waals surface area contributed by atoms with Crippen molar-refractivity contribution in [3.8, 4) is 0 Å². The number of H-pyrrole nitrogens is 1. The number of rotatable bonds is 5. The van der Waals surface area contributed by atoms with Crippen LogP contribution in [0.1, 0.15) is 27.8 Å². The van der Waals surface area contributed by atoms with E-state index < -0.39 is 6.04 Å². The van der Waals surface area contributed by atoms with E-state index in [0.717, 1.165) is 16.8 Å². The van der Waals surface area contributed by atoms with Gasteiger partial charge in [-0.15, -0.1) is 0 Å². The Morgan fingerprint density at radius 3 is 2.93 bits per heavy atom. The van der Waals surface area contributed by atoms with Crippen molar-refractivity contribution in [2.75, 3.05) is 31.3 Å². The number of aliphatic hydroxyl groups excluding tert-OH is 1. The van der Waals surface area contributed by atoms with Crippen molar-refractivity contribution in [1.82, 2.24) is 15.3 Å². The third kappa shape index (κ3) is 4.02. The molecule has 0 bridgehead atoms. The number of aromatic amines is 1. The maximum Gasteiger partial charge on any atom is 0.253 e. The van der Waals surface area contributed by atoms with Gasteiger partial charge in [0.25, 0.3) is 11.8 Å². The number of carbonyl (C=O) groups excluding carboxylic acids is 2. The van der Waals surface area contributed by atoms with Crippen LogP contribution in [0.5, 0.6) is 0 Å². The molecule has 8 nitrogen and oxygen atoms in total. The summed E-state index contributed by atoms with van der Waals surface area (Å²) in [6, 6.07) is 9.66. The van der Waals surface area contributed by atoms with Crippen LogP contribution in [0.15, 0.2) is 36.4 Å². The molecular weight excluding hydrogens is 408 g/mol. The van der Waals surface area contributed by atoms with Gasteiger partial charge in [0, 0.05) is 22.8 Å². The molecule has 1 aliphatic heterocycles. The average molecular weight is 429 g/mol. The van der Waals surface area contributed by atoms with Crippen LogP contribution in [0.25, 0.3) is 11.0 Å². The van der Waals surface area contributed by atoms with E-state index in [1.54, 1.807) is 41.3 Å². The molecule has 4 rings (SSSR count). The molecule has 0 aliphatic carbocycles. The number of morpholine rings is 1. The lowest BCUT2D eigenvalue weighted by Gasteiger charge is -2.28. The molecule has 3 N–H and O–H groups in total. The van der Waals surface area contributed by atoms with E-state index in [1.807, 2.05) is 6.92 Å². The topological polar surface area (TPSA) is 108 Å². The van der Waals surface area contributed by atoms with Gasteiger partial charge in [0.1, 0.15) is 18.5 Å². The quantitative estimate of drug-likeness (QED) is 0.578. The summed E-state index contributed by atoms with van der Waals surface area (Å²) in [6.45, 7) is 2.55. The van der Waals surface area contributed by atoms with Gasteiger partial charge in [-0.05, 0) is 48.9 Å². The van der Waals surface area contributed by atoms with Crippen LogP contribution in [0.4, 0.5) is 5.69 Å². The first-order valence-electron chi connectivity index (χ1n) is 9.52. The zero-order chi connectivity index (χ0) is 21.3. The first-order chi connectivity index (χ1) is 14.5. The molecule has 0 spiro atoms. The van der Waals surface area contributed by atoms with Crippen LogP contribution in [0, 0.1) is 6.92 Å². The number of ether oxygens (including phenoxy) is 1. The monoisotopic (exact) mass is 428 g/mol. The SMILES string of the molecule is Cc1cc(C(=O)NC(CO)c2nc3ccc(Cl)cc3[nH]2)ccc1N1CCOCC1=O. The molecule has 1 aromatic heterocycles. The average Bonchev–Trinajstić information content (AvgIpc) is 3.15. The first kappa shape index (κ1) is 20.3. The lowest BCUT2D eigenvalue weighted by Crippen LogP contribution is -2.42. The predicted molar refractivity (Wildman–Crippen MR) is 113 cm³/mol. The number of aryl methyl sites for hydroxylation is 1. The third-order valence-electron chi connectivity index (χ3n) is 5.02. The molecule has 2 heterocycles. The number of nitrogens with one attached hydrogen (secondary N) is 2. The van der Waals surface area contributed by atoms with E-state index in [9.17, 15) is 14.7 Å². The molecule has 1 unspecified atom stereocenters. The summed E-state index contributed by atoms with van der Waals surface area (Å²) in [5.41, 5.74) is 3.40. The van der Waals surface area contributed by atoms with Crippen LogP contribution in [-0.4, -0.2) is 53.3 Å². The van der Waals surface area contributed by atoms with Crippen molar-refractivity contribution in [2.24, 2.45) is 0 Å². The number of carbonyl (C=O) groups is 2. The van der Waals surface area contributed by atoms with Crippen molar-refractivity contribution in [3.63, 3.8) is 0 Å². The summed E-state index contributed by atoms with van der Waals surface area (Å²) in [7, 11) is 0. The van der Waals surface area contributed by atoms with Crippen molar-refractivity contribution in [3.05, 3.63) is 58.4 Å². The Balaban J connectivity index is 1.53. The smallest absolute Gasteiger partial charge is 0.253 e. The van der Waals surface area contributed by atoms with Crippen LogP contribution in [-0.2, 0) is 9.53 Å². The fraction of sp³-hybridized carbons (Fsp3) is 0.286. The van der Waals surface area contributed by atoms with Crippen molar-refractivity contribution in [2.45, 2.75) is 13.0 Å². The Kier molecular flexibility index (Phi) is 5.72. The van der Waals surface area contributed by atoms with Gasteiger partial charge in [0.05, 0.1) is 24.2 Å². The fourth-order valence-corrected chi connectivity index (χ4v) is 3.65. The number of nitrogens with zero attached hydrogens (tertiary/aromatic N) is 2. The number of hydrogen-bond acceptors (Lipinski definition) is 5. The molecule has 3 aromatic rings. The third-order valence-corrected chi connectivity index (χ3v) is 5.25. The summed E-state index contributed by atoms with van der Waals surface area (Å²) < 4.78 is 5.17. The highest BCUT2D eigenvalue weighted by molar-refractivity contribution is 6.31. The Hall–Kier alpha value is -2.94. The zero-order valence-corrected chi connectivity index (χ0v) is 17.1. The molecule has 1 fully saturated rings. The van der Waals surface area contributed by atoms with Crippen molar-refractivity contribution >= 4 is 40.1 Å². The molecule has 2 aromatic carbocycles. The second kappa shape index (κ2) is 8.43. The summed E-state index contributed by atoms with van der Waals surface area (Å²) in [5, 5.41) is 13.2. The maximum absolute atomic E-state index is 12.8. The molecule has 9 heteroatoms. The Labute approximate surface area is 177 Å². The van der Waals surface area contributed by atoms with Gasteiger partial charge in [-0.2, -0.15) is 0 Å². The summed E-state index contributed by atoms with van der Waals surface area (Å²) >= 11 is 6.00. The largest absolute Gasteiger partial charge is 0.394 e. The van der Waals surface area contributed by atoms with Gasteiger partial charge < -0.3 is 25.0 Å². The van der Waals surface area contributed by atoms with E-state index in [1.165, 1.54) is 0 Å². The standard InChI is InChI=1S/C21H21ClN4O4/c1-12-8-13(2-5-18(12)26-6-7-30-11-19(26)28)21(29)25-17(10-27)20-23-15-4-3-14(22)9-16(15)24-20/h2-5,8-9,17,27H,6-7,10-11H2,1H3,(H,23,24)(H,25,29). The summed E-state index contributed by atoms with van der Waals surface area (Å²) in [4.78, 5) is 34.0. The van der Waals surface area contributed by atoms with Crippen LogP contribution in [0.3, 0.4) is 0 Å². The van der Waals surface area contributed by atoms with E-state index >= 15 is 0 Å². The summed E-state index contributed by atoms with van der Waals surface area (Å²) in [5.74, 6) is -0.0160.